The third kappa shape index (κ3) is 4.62. The van der Waals surface area contributed by atoms with Crippen LogP contribution in [0.5, 0.6) is 0 Å². The van der Waals surface area contributed by atoms with E-state index in [-0.39, 0.29) is 5.75 Å². The van der Waals surface area contributed by atoms with Crippen LogP contribution in [-0.4, -0.2) is 27.3 Å². The maximum absolute atomic E-state index is 13.3. The van der Waals surface area contributed by atoms with Gasteiger partial charge in [0.05, 0.1) is 11.4 Å². The van der Waals surface area contributed by atoms with Gasteiger partial charge >= 0.3 is 0 Å². The highest BCUT2D eigenvalue weighted by Crippen LogP contribution is 2.18. The van der Waals surface area contributed by atoms with Crippen molar-refractivity contribution in [1.82, 2.24) is 5.32 Å². The first-order valence-corrected chi connectivity index (χ1v) is 7.58. The van der Waals surface area contributed by atoms with Gasteiger partial charge in [-0.25, -0.2) is 12.8 Å². The molecule has 4 nitrogen and oxygen atoms in total. The van der Waals surface area contributed by atoms with Gasteiger partial charge in [0.2, 0.25) is 10.0 Å². The Kier molecular flexibility index (Phi) is 5.55. The van der Waals surface area contributed by atoms with Gasteiger partial charge in [0.15, 0.2) is 0 Å². The van der Waals surface area contributed by atoms with Crippen molar-refractivity contribution in [2.24, 2.45) is 0 Å². The normalized spacial score (nSPS) is 11.5. The molecule has 0 atom stereocenters. The molecule has 0 unspecified atom stereocenters. The Morgan fingerprint density at radius 2 is 2.00 bits per heavy atom. The van der Waals surface area contributed by atoms with Crippen molar-refractivity contribution < 1.29 is 12.8 Å². The van der Waals surface area contributed by atoms with E-state index >= 15 is 0 Å². The molecule has 0 aromatic heterocycles. The number of benzene rings is 1. The van der Waals surface area contributed by atoms with Crippen LogP contribution in [0.1, 0.15) is 18.9 Å². The van der Waals surface area contributed by atoms with E-state index in [0.29, 0.717) is 17.8 Å². The minimum atomic E-state index is -3.43. The maximum Gasteiger partial charge on any atom is 0.233 e. The minimum Gasteiger partial charge on any atom is -0.316 e. The first kappa shape index (κ1) is 14.9. The predicted molar refractivity (Wildman–Crippen MR) is 71.7 cm³/mol. The Balaban J connectivity index is 2.62. The summed E-state index contributed by atoms with van der Waals surface area (Å²) < 4.78 is 39.2. The fraction of sp³-hybridized carbons (Fsp3) is 0.500. The zero-order valence-corrected chi connectivity index (χ0v) is 11.5. The molecule has 0 aliphatic rings. The van der Waals surface area contributed by atoms with Gasteiger partial charge in [-0.3, -0.25) is 4.72 Å². The van der Waals surface area contributed by atoms with Crippen LogP contribution in [0, 0.1) is 12.7 Å². The molecule has 0 saturated heterocycles. The average Bonchev–Trinajstić information content (AvgIpc) is 2.31. The number of anilines is 1. The highest BCUT2D eigenvalue weighted by Gasteiger charge is 2.12. The van der Waals surface area contributed by atoms with E-state index in [1.807, 2.05) is 6.92 Å². The molecule has 1 rings (SSSR count). The average molecular weight is 274 g/mol. The number of nitrogens with one attached hydrogen (secondary N) is 2. The van der Waals surface area contributed by atoms with Crippen LogP contribution in [0.25, 0.3) is 0 Å². The molecule has 0 spiro atoms. The Morgan fingerprint density at radius 3 is 2.67 bits per heavy atom. The SMILES string of the molecule is CCCNCCS(=O)(=O)Nc1cccc(F)c1C. The molecule has 0 heterocycles. The van der Waals surface area contributed by atoms with Gasteiger partial charge in [-0.2, -0.15) is 0 Å². The molecular formula is C12H19FN2O2S. The van der Waals surface area contributed by atoms with Gasteiger partial charge in [0.25, 0.3) is 0 Å². The summed E-state index contributed by atoms with van der Waals surface area (Å²) in [5.41, 5.74) is 0.605. The molecule has 6 heteroatoms. The van der Waals surface area contributed by atoms with Crippen LogP contribution < -0.4 is 10.0 Å². The summed E-state index contributed by atoms with van der Waals surface area (Å²) in [6.45, 7) is 4.73. The van der Waals surface area contributed by atoms with E-state index in [2.05, 4.69) is 10.0 Å². The first-order valence-electron chi connectivity index (χ1n) is 5.92. The Labute approximate surface area is 108 Å². The monoisotopic (exact) mass is 274 g/mol. The van der Waals surface area contributed by atoms with E-state index < -0.39 is 15.8 Å². The second-order valence-corrected chi connectivity index (χ2v) is 5.93. The predicted octanol–water partition coefficient (Wildman–Crippen LogP) is 1.88. The molecular weight excluding hydrogens is 255 g/mol. The molecule has 18 heavy (non-hydrogen) atoms. The lowest BCUT2D eigenvalue weighted by Crippen LogP contribution is -2.27. The molecule has 0 bridgehead atoms. The first-order chi connectivity index (χ1) is 8.46. The van der Waals surface area contributed by atoms with E-state index in [0.717, 1.165) is 13.0 Å². The zero-order valence-electron chi connectivity index (χ0n) is 10.7. The van der Waals surface area contributed by atoms with Gasteiger partial charge in [-0.05, 0) is 32.0 Å². The molecule has 0 aliphatic carbocycles. The van der Waals surface area contributed by atoms with Crippen LogP contribution in [0.2, 0.25) is 0 Å². The smallest absolute Gasteiger partial charge is 0.233 e. The number of sulfonamides is 1. The van der Waals surface area contributed by atoms with Crippen LogP contribution in [-0.2, 0) is 10.0 Å². The molecule has 0 fully saturated rings. The molecule has 2 N–H and O–H groups in total. The summed E-state index contributed by atoms with van der Waals surface area (Å²) in [5.74, 6) is -0.442. The lowest BCUT2D eigenvalue weighted by atomic mass is 10.2. The number of halogens is 1. The molecule has 0 amide bonds. The molecule has 0 radical (unpaired) electrons. The molecule has 1 aromatic carbocycles. The summed E-state index contributed by atoms with van der Waals surface area (Å²) >= 11 is 0. The number of hydrogen-bond donors (Lipinski definition) is 2. The van der Waals surface area contributed by atoms with Gasteiger partial charge < -0.3 is 5.32 Å². The molecule has 102 valence electrons. The van der Waals surface area contributed by atoms with Gasteiger partial charge in [0, 0.05) is 12.1 Å². The van der Waals surface area contributed by atoms with Crippen LogP contribution in [0.15, 0.2) is 18.2 Å². The summed E-state index contributed by atoms with van der Waals surface area (Å²) in [6, 6.07) is 4.33. The van der Waals surface area contributed by atoms with E-state index in [1.54, 1.807) is 13.0 Å². The molecule has 0 saturated carbocycles. The van der Waals surface area contributed by atoms with Crippen molar-refractivity contribution in [3.8, 4) is 0 Å². The standard InChI is InChI=1S/C12H19FN2O2S/c1-3-7-14-8-9-18(16,17)15-12-6-4-5-11(13)10(12)2/h4-6,14-15H,3,7-9H2,1-2H3. The van der Waals surface area contributed by atoms with Crippen LogP contribution >= 0.6 is 0 Å². The minimum absolute atomic E-state index is 0.0248. The summed E-state index contributed by atoms with van der Waals surface area (Å²) in [4.78, 5) is 0. The third-order valence-corrected chi connectivity index (χ3v) is 3.78. The number of rotatable bonds is 7. The highest BCUT2D eigenvalue weighted by atomic mass is 32.2. The highest BCUT2D eigenvalue weighted by molar-refractivity contribution is 7.92. The summed E-state index contributed by atoms with van der Waals surface area (Å²) in [6.07, 6.45) is 0.955. The van der Waals surface area contributed by atoms with Crippen molar-refractivity contribution in [1.29, 1.82) is 0 Å². The second kappa shape index (κ2) is 6.70. The van der Waals surface area contributed by atoms with E-state index in [4.69, 9.17) is 0 Å². The molecule has 0 aliphatic heterocycles. The summed E-state index contributed by atoms with van der Waals surface area (Å²) in [7, 11) is -3.43. The second-order valence-electron chi connectivity index (χ2n) is 4.08. The largest absolute Gasteiger partial charge is 0.316 e. The fourth-order valence-electron chi connectivity index (χ4n) is 1.44. The van der Waals surface area contributed by atoms with Crippen molar-refractivity contribution in [2.45, 2.75) is 20.3 Å². The van der Waals surface area contributed by atoms with Crippen LogP contribution in [0.3, 0.4) is 0 Å². The van der Waals surface area contributed by atoms with Crippen molar-refractivity contribution in [3.63, 3.8) is 0 Å². The van der Waals surface area contributed by atoms with E-state index in [9.17, 15) is 12.8 Å². The Hall–Kier alpha value is -1.14. The number of hydrogen-bond acceptors (Lipinski definition) is 3. The Bertz CT molecular complexity index is 489. The Morgan fingerprint density at radius 1 is 1.28 bits per heavy atom. The third-order valence-electron chi connectivity index (χ3n) is 2.51. The van der Waals surface area contributed by atoms with Gasteiger partial charge in [-0.15, -0.1) is 0 Å². The maximum atomic E-state index is 13.3. The lowest BCUT2D eigenvalue weighted by Gasteiger charge is -2.11. The van der Waals surface area contributed by atoms with Crippen molar-refractivity contribution in [3.05, 3.63) is 29.6 Å². The van der Waals surface area contributed by atoms with Gasteiger partial charge in [-0.1, -0.05) is 13.0 Å². The quantitative estimate of drug-likeness (QED) is 0.746. The zero-order chi connectivity index (χ0) is 13.6. The van der Waals surface area contributed by atoms with Crippen LogP contribution in [0.4, 0.5) is 10.1 Å². The van der Waals surface area contributed by atoms with Crippen molar-refractivity contribution in [2.75, 3.05) is 23.6 Å². The lowest BCUT2D eigenvalue weighted by molar-refractivity contribution is 0.595. The fourth-order valence-corrected chi connectivity index (χ4v) is 2.52. The summed E-state index contributed by atoms with van der Waals surface area (Å²) in [5, 5.41) is 3.01. The van der Waals surface area contributed by atoms with Crippen molar-refractivity contribution >= 4 is 15.7 Å². The molecule has 1 aromatic rings. The van der Waals surface area contributed by atoms with Gasteiger partial charge in [0.1, 0.15) is 5.82 Å². The topological polar surface area (TPSA) is 58.2 Å². The van der Waals surface area contributed by atoms with E-state index in [1.165, 1.54) is 12.1 Å².